The second kappa shape index (κ2) is 10.2. The van der Waals surface area contributed by atoms with Crippen LogP contribution in [-0.4, -0.2) is 25.2 Å². The van der Waals surface area contributed by atoms with Gasteiger partial charge in [0.15, 0.2) is 0 Å². The van der Waals surface area contributed by atoms with Crippen LogP contribution in [0.15, 0.2) is 22.9 Å². The third kappa shape index (κ3) is 5.68. The number of hydrogen-bond donors (Lipinski definition) is 2. The summed E-state index contributed by atoms with van der Waals surface area (Å²) in [6.45, 7) is 2.95. The lowest BCUT2D eigenvalue weighted by molar-refractivity contribution is -0.111. The van der Waals surface area contributed by atoms with Crippen LogP contribution in [0.4, 0.5) is 9.80 Å². The summed E-state index contributed by atoms with van der Waals surface area (Å²) in [7, 11) is 0. The van der Waals surface area contributed by atoms with Gasteiger partial charge >= 0.3 is 6.09 Å². The van der Waals surface area contributed by atoms with Gasteiger partial charge in [0.2, 0.25) is 5.91 Å². The molecule has 0 saturated heterocycles. The molecule has 29 heavy (non-hydrogen) atoms. The monoisotopic (exact) mass is 429 g/mol. The molecule has 0 fully saturated rings. The number of anilines is 1. The molecule has 2 N–H and O–H groups in total. The van der Waals surface area contributed by atoms with Crippen LogP contribution in [0.1, 0.15) is 41.3 Å². The Morgan fingerprint density at radius 1 is 1.45 bits per heavy atom. The lowest BCUT2D eigenvalue weighted by Crippen LogP contribution is -2.28. The highest BCUT2D eigenvalue weighted by Gasteiger charge is 2.27. The van der Waals surface area contributed by atoms with E-state index in [-0.39, 0.29) is 17.9 Å². The summed E-state index contributed by atoms with van der Waals surface area (Å²) in [5.74, 6) is -0.0270. The average Bonchev–Trinajstić information content (AvgIpc) is 3.35. The molecule has 1 aliphatic carbocycles. The summed E-state index contributed by atoms with van der Waals surface area (Å²) in [5.41, 5.74) is 2.55. The number of carbonyl (C=O) groups excluding carboxylic acids is 2. The van der Waals surface area contributed by atoms with Gasteiger partial charge in [0.25, 0.3) is 0 Å². The van der Waals surface area contributed by atoms with Crippen LogP contribution < -0.4 is 10.6 Å². The predicted octanol–water partition coefficient (Wildman–Crippen LogP) is 4.57. The minimum absolute atomic E-state index is 0.224. The maximum atomic E-state index is 12.3. The first-order chi connectivity index (χ1) is 14.1. The Kier molecular flexibility index (Phi) is 7.44. The van der Waals surface area contributed by atoms with Gasteiger partial charge in [-0.1, -0.05) is 6.92 Å². The van der Waals surface area contributed by atoms with Crippen LogP contribution in [0.5, 0.6) is 0 Å². The molecule has 152 valence electrons. The van der Waals surface area contributed by atoms with Crippen LogP contribution in [0.25, 0.3) is 6.08 Å². The molecule has 1 unspecified atom stereocenters. The summed E-state index contributed by atoms with van der Waals surface area (Å²) >= 11 is 3.02. The van der Waals surface area contributed by atoms with Gasteiger partial charge in [-0.25, -0.2) is 4.79 Å². The minimum Gasteiger partial charge on any atom is -0.449 e. The van der Waals surface area contributed by atoms with E-state index >= 15 is 0 Å². The molecule has 1 aliphatic rings. The van der Waals surface area contributed by atoms with Gasteiger partial charge in [-0.05, 0) is 65.6 Å². The van der Waals surface area contributed by atoms with E-state index < -0.39 is 0 Å². The zero-order valence-electron chi connectivity index (χ0n) is 16.2. The van der Waals surface area contributed by atoms with E-state index in [1.54, 1.807) is 17.4 Å². The summed E-state index contributed by atoms with van der Waals surface area (Å²) < 4.78 is 5.31. The van der Waals surface area contributed by atoms with Gasteiger partial charge in [-0.2, -0.15) is 16.6 Å². The van der Waals surface area contributed by atoms with E-state index in [2.05, 4.69) is 16.7 Å². The Morgan fingerprint density at radius 2 is 2.31 bits per heavy atom. The van der Waals surface area contributed by atoms with Crippen molar-refractivity contribution in [3.63, 3.8) is 0 Å². The fraction of sp³-hybridized carbons (Fsp3) is 0.381. The third-order valence-corrected chi connectivity index (χ3v) is 6.53. The molecule has 3 rings (SSSR count). The third-order valence-electron chi connectivity index (χ3n) is 4.66. The van der Waals surface area contributed by atoms with Crippen molar-refractivity contribution in [2.24, 2.45) is 5.92 Å². The second-order valence-electron chi connectivity index (χ2n) is 6.83. The number of nitriles is 1. The number of carbonyl (C=O) groups is 2. The molecule has 0 radical (unpaired) electrons. The number of fused-ring (bicyclic) bond motifs is 1. The van der Waals surface area contributed by atoms with E-state index in [4.69, 9.17) is 4.74 Å². The number of thiophene rings is 2. The van der Waals surface area contributed by atoms with Crippen molar-refractivity contribution in [2.75, 3.05) is 18.5 Å². The average molecular weight is 430 g/mol. The lowest BCUT2D eigenvalue weighted by atomic mass is 9.88. The topological polar surface area (TPSA) is 91.2 Å². The molecular formula is C21H23N3O3S2. The Labute approximate surface area is 178 Å². The largest absolute Gasteiger partial charge is 0.449 e. The van der Waals surface area contributed by atoms with Gasteiger partial charge in [0, 0.05) is 17.5 Å². The smallest absolute Gasteiger partial charge is 0.407 e. The van der Waals surface area contributed by atoms with Crippen molar-refractivity contribution in [1.82, 2.24) is 5.32 Å². The molecule has 8 heteroatoms. The van der Waals surface area contributed by atoms with Gasteiger partial charge < -0.3 is 15.4 Å². The van der Waals surface area contributed by atoms with Gasteiger partial charge in [0.05, 0.1) is 12.2 Å². The fourth-order valence-electron chi connectivity index (χ4n) is 3.17. The maximum absolute atomic E-state index is 12.3. The molecule has 0 spiro atoms. The quantitative estimate of drug-likeness (QED) is 0.631. The molecule has 2 aromatic rings. The molecule has 0 aromatic carbocycles. The summed E-state index contributed by atoms with van der Waals surface area (Å²) in [5, 5.41) is 19.6. The molecule has 2 heterocycles. The number of amides is 2. The highest BCUT2D eigenvalue weighted by atomic mass is 32.1. The minimum atomic E-state index is -0.382. The molecule has 1 atom stereocenters. The van der Waals surface area contributed by atoms with Crippen LogP contribution >= 0.6 is 22.7 Å². The first-order valence-electron chi connectivity index (χ1n) is 9.57. The highest BCUT2D eigenvalue weighted by molar-refractivity contribution is 7.16. The normalized spacial score (nSPS) is 15.5. The number of alkyl carbamates (subject to hydrolysis) is 1. The fourth-order valence-corrected chi connectivity index (χ4v) is 5.11. The van der Waals surface area contributed by atoms with E-state index in [0.717, 1.165) is 41.7 Å². The number of rotatable bonds is 7. The number of nitrogens with zero attached hydrogens (tertiary/aromatic N) is 1. The van der Waals surface area contributed by atoms with Crippen molar-refractivity contribution in [1.29, 1.82) is 5.26 Å². The van der Waals surface area contributed by atoms with Crippen LogP contribution in [0.2, 0.25) is 0 Å². The molecular weight excluding hydrogens is 406 g/mol. The molecule has 0 aliphatic heterocycles. The zero-order valence-corrected chi connectivity index (χ0v) is 17.8. The van der Waals surface area contributed by atoms with E-state index in [1.165, 1.54) is 17.4 Å². The van der Waals surface area contributed by atoms with E-state index in [9.17, 15) is 14.9 Å². The first kappa shape index (κ1) is 21.1. The highest BCUT2D eigenvalue weighted by Crippen LogP contribution is 2.39. The summed E-state index contributed by atoms with van der Waals surface area (Å²) in [6.07, 6.45) is 6.06. The summed E-state index contributed by atoms with van der Waals surface area (Å²) in [4.78, 5) is 25.0. The van der Waals surface area contributed by atoms with Gasteiger partial charge in [0.1, 0.15) is 11.1 Å². The van der Waals surface area contributed by atoms with Crippen molar-refractivity contribution < 1.29 is 14.3 Å². The Hall–Kier alpha value is -2.63. The molecule has 0 bridgehead atoms. The van der Waals surface area contributed by atoms with Gasteiger partial charge in [-0.15, -0.1) is 11.3 Å². The Balaban J connectivity index is 1.61. The second-order valence-corrected chi connectivity index (χ2v) is 8.72. The van der Waals surface area contributed by atoms with Crippen molar-refractivity contribution in [3.8, 4) is 6.07 Å². The van der Waals surface area contributed by atoms with Crippen molar-refractivity contribution in [3.05, 3.63) is 44.5 Å². The number of ether oxygens (including phenoxy) is 1. The van der Waals surface area contributed by atoms with Crippen LogP contribution in [0, 0.1) is 17.2 Å². The Bertz CT molecular complexity index is 926. The van der Waals surface area contributed by atoms with Gasteiger partial charge in [-0.3, -0.25) is 4.79 Å². The SMILES string of the molecule is CCCNC(=O)OCC1CCc2c(sc(NC(=O)C=Cc3ccsc3)c2C#N)C1. The molecule has 2 amide bonds. The standard InChI is InChI=1S/C21H23N3O3S2/c1-2-8-23-21(26)27-12-15-3-5-16-17(11-22)20(29-18(16)10-15)24-19(25)6-4-14-7-9-28-13-14/h4,6-7,9,13,15H,2-3,5,8,10,12H2,1H3,(H,23,26)(H,24,25). The zero-order chi connectivity index (χ0) is 20.6. The molecule has 0 saturated carbocycles. The van der Waals surface area contributed by atoms with Crippen LogP contribution in [-0.2, 0) is 22.4 Å². The van der Waals surface area contributed by atoms with Crippen LogP contribution in [0.3, 0.4) is 0 Å². The Morgan fingerprint density at radius 3 is 3.03 bits per heavy atom. The first-order valence-corrected chi connectivity index (χ1v) is 11.3. The van der Waals surface area contributed by atoms with Crippen molar-refractivity contribution in [2.45, 2.75) is 32.6 Å². The van der Waals surface area contributed by atoms with E-state index in [0.29, 0.717) is 23.7 Å². The summed E-state index contributed by atoms with van der Waals surface area (Å²) in [6, 6.07) is 4.18. The number of nitrogens with one attached hydrogen (secondary N) is 2. The maximum Gasteiger partial charge on any atom is 0.407 e. The number of hydrogen-bond acceptors (Lipinski definition) is 6. The van der Waals surface area contributed by atoms with E-state index in [1.807, 2.05) is 23.8 Å². The van der Waals surface area contributed by atoms with Crippen molar-refractivity contribution >= 4 is 45.8 Å². The molecule has 6 nitrogen and oxygen atoms in total. The molecule has 2 aromatic heterocycles. The lowest BCUT2D eigenvalue weighted by Gasteiger charge is -2.21. The predicted molar refractivity (Wildman–Crippen MR) is 116 cm³/mol.